The molecule has 0 amide bonds. The Morgan fingerprint density at radius 3 is 2.81 bits per heavy atom. The molecule has 0 aliphatic heterocycles. The summed E-state index contributed by atoms with van der Waals surface area (Å²) in [5.74, 6) is 0.984. The van der Waals surface area contributed by atoms with Gasteiger partial charge in [-0.3, -0.25) is 4.79 Å². The van der Waals surface area contributed by atoms with Crippen molar-refractivity contribution in [2.75, 3.05) is 12.0 Å². The highest BCUT2D eigenvalue weighted by atomic mass is 32.2. The Hall–Kier alpha value is -1.71. The van der Waals surface area contributed by atoms with Gasteiger partial charge in [-0.2, -0.15) is 5.26 Å². The molecule has 0 radical (unpaired) electrons. The highest BCUT2D eigenvalue weighted by molar-refractivity contribution is 7.99. The Bertz CT molecular complexity index is 734. The fourth-order valence-electron chi connectivity index (χ4n) is 1.85. The number of H-pyrrole nitrogens is 1. The zero-order valence-corrected chi connectivity index (χ0v) is 13.5. The van der Waals surface area contributed by atoms with E-state index < -0.39 is 0 Å². The number of hydrogen-bond donors (Lipinski definition) is 1. The second-order valence-corrected chi connectivity index (χ2v) is 6.19. The number of nitriles is 1. The maximum Gasteiger partial charge on any atom is 0.270 e. The molecule has 6 heteroatoms. The van der Waals surface area contributed by atoms with Crippen molar-refractivity contribution < 1.29 is 0 Å². The molecule has 1 N–H and O–H groups in total. The summed E-state index contributed by atoms with van der Waals surface area (Å²) >= 11 is 3.06. The van der Waals surface area contributed by atoms with Crippen LogP contribution in [-0.2, 0) is 0 Å². The number of nitrogens with one attached hydrogen (secondary N) is 1. The van der Waals surface area contributed by atoms with Crippen LogP contribution in [0.25, 0.3) is 11.3 Å². The maximum absolute atomic E-state index is 12.0. The van der Waals surface area contributed by atoms with Crippen molar-refractivity contribution in [3.63, 3.8) is 0 Å². The molecule has 0 bridgehead atoms. The molecule has 2 rings (SSSR count). The second kappa shape index (κ2) is 7.34. The molecule has 0 saturated carbocycles. The third-order valence-corrected chi connectivity index (χ3v) is 4.67. The predicted octanol–water partition coefficient (Wildman–Crippen LogP) is 3.53. The van der Waals surface area contributed by atoms with Crippen LogP contribution in [-0.4, -0.2) is 22.0 Å². The van der Waals surface area contributed by atoms with E-state index in [4.69, 9.17) is 0 Å². The molecule has 21 heavy (non-hydrogen) atoms. The lowest BCUT2D eigenvalue weighted by molar-refractivity contribution is 0.935. The molecule has 0 unspecified atom stereocenters. The summed E-state index contributed by atoms with van der Waals surface area (Å²) in [7, 11) is 0. The Morgan fingerprint density at radius 1 is 1.38 bits per heavy atom. The number of rotatable bonds is 5. The van der Waals surface area contributed by atoms with Gasteiger partial charge >= 0.3 is 0 Å². The monoisotopic (exact) mass is 317 g/mol. The first-order valence-electron chi connectivity index (χ1n) is 6.51. The largest absolute Gasteiger partial charge is 0.300 e. The third kappa shape index (κ3) is 3.49. The van der Waals surface area contributed by atoms with E-state index in [0.717, 1.165) is 22.6 Å². The lowest BCUT2D eigenvalue weighted by Gasteiger charge is -2.10. The lowest BCUT2D eigenvalue weighted by atomic mass is 10.1. The fraction of sp³-hybridized carbons (Fsp3) is 0.267. The van der Waals surface area contributed by atoms with E-state index in [9.17, 15) is 10.1 Å². The average molecular weight is 317 g/mol. The van der Waals surface area contributed by atoms with Gasteiger partial charge in [-0.1, -0.05) is 36.9 Å². The zero-order valence-electron chi connectivity index (χ0n) is 11.8. The molecule has 0 fully saturated rings. The Kier molecular flexibility index (Phi) is 5.48. The van der Waals surface area contributed by atoms with E-state index in [1.807, 2.05) is 36.6 Å². The lowest BCUT2D eigenvalue weighted by Crippen LogP contribution is -2.14. The van der Waals surface area contributed by atoms with Gasteiger partial charge in [0.1, 0.15) is 11.6 Å². The molecule has 0 saturated heterocycles. The standard InChI is InChI=1S/C15H15N3OS2/c1-3-8-21-12-7-5-4-6-10(12)13-11(9-16)14(19)18-15(17-13)20-2/h4-7H,3,8H2,1-2H3,(H,17,18,19). The first-order valence-corrected chi connectivity index (χ1v) is 8.72. The topological polar surface area (TPSA) is 69.5 Å². The van der Waals surface area contributed by atoms with Crippen molar-refractivity contribution in [2.45, 2.75) is 23.4 Å². The van der Waals surface area contributed by atoms with E-state index in [0.29, 0.717) is 10.9 Å². The summed E-state index contributed by atoms with van der Waals surface area (Å²) in [6.07, 6.45) is 2.90. The highest BCUT2D eigenvalue weighted by Crippen LogP contribution is 2.32. The molecule has 0 spiro atoms. The number of aromatic nitrogens is 2. The molecule has 4 nitrogen and oxygen atoms in total. The van der Waals surface area contributed by atoms with Gasteiger partial charge in [-0.05, 0) is 24.5 Å². The van der Waals surface area contributed by atoms with Gasteiger partial charge < -0.3 is 4.98 Å². The molecule has 0 aliphatic rings. The third-order valence-electron chi connectivity index (χ3n) is 2.81. The van der Waals surface area contributed by atoms with Crippen LogP contribution in [0.3, 0.4) is 0 Å². The number of thioether (sulfide) groups is 2. The van der Waals surface area contributed by atoms with Crippen molar-refractivity contribution >= 4 is 23.5 Å². The number of aromatic amines is 1. The Balaban J connectivity index is 2.64. The molecule has 1 aromatic carbocycles. The minimum atomic E-state index is -0.387. The summed E-state index contributed by atoms with van der Waals surface area (Å²) in [5, 5.41) is 9.79. The van der Waals surface area contributed by atoms with Gasteiger partial charge in [0.05, 0.1) is 5.69 Å². The molecule has 2 aromatic rings. The highest BCUT2D eigenvalue weighted by Gasteiger charge is 2.15. The molecule has 0 aliphatic carbocycles. The Morgan fingerprint density at radius 2 is 2.14 bits per heavy atom. The Labute approximate surface area is 132 Å². The SMILES string of the molecule is CCCSc1ccccc1-c1nc(SC)[nH]c(=O)c1C#N. The van der Waals surface area contributed by atoms with Crippen molar-refractivity contribution in [3.8, 4) is 17.3 Å². The van der Waals surface area contributed by atoms with E-state index in [1.54, 1.807) is 11.8 Å². The molecule has 108 valence electrons. The van der Waals surface area contributed by atoms with Crippen molar-refractivity contribution in [2.24, 2.45) is 0 Å². The van der Waals surface area contributed by atoms with Crippen LogP contribution in [0.1, 0.15) is 18.9 Å². The molecule has 0 atom stereocenters. The van der Waals surface area contributed by atoms with Gasteiger partial charge in [-0.25, -0.2) is 4.98 Å². The van der Waals surface area contributed by atoms with Crippen molar-refractivity contribution in [3.05, 3.63) is 40.2 Å². The minimum absolute atomic E-state index is 0.0670. The summed E-state index contributed by atoms with van der Waals surface area (Å²) in [4.78, 5) is 20.1. The normalized spacial score (nSPS) is 10.3. The van der Waals surface area contributed by atoms with Crippen LogP contribution in [0.2, 0.25) is 0 Å². The number of benzene rings is 1. The van der Waals surface area contributed by atoms with E-state index >= 15 is 0 Å². The van der Waals surface area contributed by atoms with Crippen molar-refractivity contribution in [1.82, 2.24) is 9.97 Å². The van der Waals surface area contributed by atoms with Gasteiger partial charge in [-0.15, -0.1) is 11.8 Å². The summed E-state index contributed by atoms with van der Waals surface area (Å²) in [6.45, 7) is 2.12. The molecule has 1 aromatic heterocycles. The van der Waals surface area contributed by atoms with E-state index in [2.05, 4.69) is 16.9 Å². The first-order chi connectivity index (χ1) is 10.2. The van der Waals surface area contributed by atoms with Gasteiger partial charge in [0.2, 0.25) is 0 Å². The maximum atomic E-state index is 12.0. The average Bonchev–Trinajstić information content (AvgIpc) is 2.52. The van der Waals surface area contributed by atoms with Crippen LogP contribution in [0.5, 0.6) is 0 Å². The molecular formula is C15H15N3OS2. The van der Waals surface area contributed by atoms with Crippen LogP contribution < -0.4 is 5.56 Å². The first kappa shape index (κ1) is 15.7. The van der Waals surface area contributed by atoms with Gasteiger partial charge in [0.15, 0.2) is 5.16 Å². The zero-order chi connectivity index (χ0) is 15.2. The van der Waals surface area contributed by atoms with Crippen LogP contribution >= 0.6 is 23.5 Å². The molecular weight excluding hydrogens is 302 g/mol. The quantitative estimate of drug-likeness (QED) is 0.675. The van der Waals surface area contributed by atoms with Crippen LogP contribution in [0.4, 0.5) is 0 Å². The summed E-state index contributed by atoms with van der Waals surface area (Å²) in [5.41, 5.74) is 0.984. The minimum Gasteiger partial charge on any atom is -0.300 e. The van der Waals surface area contributed by atoms with Crippen LogP contribution in [0, 0.1) is 11.3 Å². The smallest absolute Gasteiger partial charge is 0.270 e. The summed E-state index contributed by atoms with van der Waals surface area (Å²) < 4.78 is 0. The molecule has 1 heterocycles. The van der Waals surface area contributed by atoms with Crippen molar-refractivity contribution in [1.29, 1.82) is 5.26 Å². The number of hydrogen-bond acceptors (Lipinski definition) is 5. The summed E-state index contributed by atoms with van der Waals surface area (Å²) in [6, 6.07) is 9.73. The van der Waals surface area contributed by atoms with E-state index in [-0.39, 0.29) is 11.1 Å². The second-order valence-electron chi connectivity index (χ2n) is 4.26. The van der Waals surface area contributed by atoms with E-state index in [1.165, 1.54) is 11.8 Å². The number of nitrogens with zero attached hydrogens (tertiary/aromatic N) is 2. The van der Waals surface area contributed by atoms with Gasteiger partial charge in [0.25, 0.3) is 5.56 Å². The van der Waals surface area contributed by atoms with Crippen LogP contribution in [0.15, 0.2) is 39.1 Å². The van der Waals surface area contributed by atoms with Gasteiger partial charge in [0, 0.05) is 10.5 Å². The predicted molar refractivity (Wildman–Crippen MR) is 87.8 cm³/mol. The fourth-order valence-corrected chi connectivity index (χ4v) is 3.14.